The van der Waals surface area contributed by atoms with E-state index in [0.717, 1.165) is 17.3 Å². The molecule has 1 aliphatic rings. The predicted octanol–water partition coefficient (Wildman–Crippen LogP) is 2.58. The van der Waals surface area contributed by atoms with Crippen LogP contribution in [0, 0.1) is 12.3 Å². The molecule has 0 saturated carbocycles. The number of hydrogen-bond donors (Lipinski definition) is 2. The minimum atomic E-state index is -4.18. The van der Waals surface area contributed by atoms with Crippen molar-refractivity contribution in [2.45, 2.75) is 40.2 Å². The van der Waals surface area contributed by atoms with Gasteiger partial charge in [-0.1, -0.05) is 43.3 Å². The summed E-state index contributed by atoms with van der Waals surface area (Å²) >= 11 is 1.11. The van der Waals surface area contributed by atoms with E-state index in [9.17, 15) is 23.7 Å². The molecule has 1 aliphatic heterocycles. The lowest BCUT2D eigenvalue weighted by Gasteiger charge is -2.39. The van der Waals surface area contributed by atoms with Crippen molar-refractivity contribution >= 4 is 42.5 Å². The molecule has 2 atom stereocenters. The van der Waals surface area contributed by atoms with E-state index in [-0.39, 0.29) is 30.6 Å². The van der Waals surface area contributed by atoms with Crippen LogP contribution < -0.4 is 10.6 Å². The molecule has 0 aliphatic carbocycles. The largest absolute Gasteiger partial charge is 0.478 e. The van der Waals surface area contributed by atoms with Crippen LogP contribution in [0.5, 0.6) is 0 Å². The quantitative estimate of drug-likeness (QED) is 0.189. The molecule has 1 aromatic rings. The van der Waals surface area contributed by atoms with Crippen LogP contribution in [0.4, 0.5) is 0 Å². The molecule has 35 heavy (non-hydrogen) atoms. The van der Waals surface area contributed by atoms with Crippen molar-refractivity contribution in [2.75, 3.05) is 32.2 Å². The first-order chi connectivity index (χ1) is 16.4. The zero-order chi connectivity index (χ0) is 26.1. The molecule has 0 aromatic heterocycles. The second-order valence-corrected chi connectivity index (χ2v) is 11.4. The van der Waals surface area contributed by atoms with Crippen LogP contribution in [0.15, 0.2) is 24.3 Å². The topological polar surface area (TPSA) is 146 Å². The zero-order valence-electron chi connectivity index (χ0n) is 20.2. The Morgan fingerprint density at radius 3 is 2.49 bits per heavy atom. The third kappa shape index (κ3) is 9.73. The van der Waals surface area contributed by atoms with E-state index >= 15 is 0 Å². The number of carbonyl (C=O) groups is 4. The van der Waals surface area contributed by atoms with E-state index in [1.54, 1.807) is 38.1 Å². The number of phosphoric acid groups is 1. The van der Waals surface area contributed by atoms with Gasteiger partial charge in [0.25, 0.3) is 0 Å². The fourth-order valence-corrected chi connectivity index (χ4v) is 4.88. The Morgan fingerprint density at radius 2 is 1.83 bits per heavy atom. The number of rotatable bonds is 11. The number of carbonyl (C=O) groups excluding carboxylic acids is 4. The maximum absolute atomic E-state index is 12.8. The number of aryl methyl sites for hydroxylation is 1. The second-order valence-electron chi connectivity index (χ2n) is 8.47. The Hall–Kier alpha value is -2.24. The molecule has 1 unspecified atom stereocenters. The van der Waals surface area contributed by atoms with Gasteiger partial charge in [-0.3, -0.25) is 23.4 Å². The third-order valence-electron chi connectivity index (χ3n) is 4.85. The summed E-state index contributed by atoms with van der Waals surface area (Å²) in [5.74, 6) is -1.08. The number of amides is 2. The number of phosphoric ester groups is 1. The van der Waals surface area contributed by atoms with Gasteiger partial charge in [-0.2, -0.15) is 0 Å². The first kappa shape index (κ1) is 29.0. The molecule has 2 N–H and O–H groups in total. The summed E-state index contributed by atoms with van der Waals surface area (Å²) in [4.78, 5) is 47.5. The molecule has 11 nitrogen and oxygen atoms in total. The van der Waals surface area contributed by atoms with Gasteiger partial charge >= 0.3 is 13.8 Å². The average molecular weight is 531 g/mol. The van der Waals surface area contributed by atoms with Crippen molar-refractivity contribution in [1.82, 2.24) is 10.6 Å². The molecule has 0 bridgehead atoms. The van der Waals surface area contributed by atoms with Crippen molar-refractivity contribution < 1.29 is 42.1 Å². The Morgan fingerprint density at radius 1 is 1.14 bits per heavy atom. The summed E-state index contributed by atoms with van der Waals surface area (Å²) in [6.07, 6.45) is -1.17. The molecule has 1 heterocycles. The molecular weight excluding hydrogens is 499 g/mol. The predicted molar refractivity (Wildman–Crippen MR) is 129 cm³/mol. The third-order valence-corrected chi connectivity index (χ3v) is 7.00. The average Bonchev–Trinajstić information content (AvgIpc) is 2.79. The lowest BCUT2D eigenvalue weighted by atomic mass is 9.87. The molecule has 13 heteroatoms. The van der Waals surface area contributed by atoms with Crippen molar-refractivity contribution in [3.63, 3.8) is 0 Å². The highest BCUT2D eigenvalue weighted by atomic mass is 32.2. The maximum Gasteiger partial charge on any atom is 0.478 e. The van der Waals surface area contributed by atoms with E-state index in [0.29, 0.717) is 17.9 Å². The van der Waals surface area contributed by atoms with Crippen LogP contribution in [0.2, 0.25) is 0 Å². The van der Waals surface area contributed by atoms with Crippen LogP contribution in [-0.4, -0.2) is 61.2 Å². The highest BCUT2D eigenvalue weighted by molar-refractivity contribution is 8.13. The van der Waals surface area contributed by atoms with Gasteiger partial charge in [0.2, 0.25) is 18.6 Å². The monoisotopic (exact) mass is 530 g/mol. The van der Waals surface area contributed by atoms with Crippen LogP contribution in [0.1, 0.15) is 43.1 Å². The van der Waals surface area contributed by atoms with Gasteiger partial charge in [0, 0.05) is 37.6 Å². The normalized spacial score (nSPS) is 21.1. The van der Waals surface area contributed by atoms with Gasteiger partial charge in [-0.25, -0.2) is 13.9 Å². The lowest BCUT2D eigenvalue weighted by Crippen LogP contribution is -2.50. The fourth-order valence-electron chi connectivity index (χ4n) is 2.88. The van der Waals surface area contributed by atoms with E-state index in [1.165, 1.54) is 6.92 Å². The SMILES string of the molecule is CC(=O)SCCNC(=O)CCNC(=O)[C@@H]1OP(=O)(OCOC(=O)c2ccc(C)cc2)OCC1(C)C. The Balaban J connectivity index is 1.80. The minimum absolute atomic E-state index is 0.0171. The first-order valence-electron chi connectivity index (χ1n) is 10.9. The summed E-state index contributed by atoms with van der Waals surface area (Å²) in [5.41, 5.74) is 0.428. The summed E-state index contributed by atoms with van der Waals surface area (Å²) in [5, 5.41) is 5.20. The number of hydrogen-bond acceptors (Lipinski definition) is 10. The minimum Gasteiger partial charge on any atom is -0.434 e. The van der Waals surface area contributed by atoms with E-state index in [2.05, 4.69) is 10.6 Å². The number of nitrogens with one attached hydrogen (secondary N) is 2. The molecule has 1 aromatic carbocycles. The Bertz CT molecular complexity index is 968. The molecular formula is C22H31N2O9PS. The van der Waals surface area contributed by atoms with Crippen LogP contribution in [0.25, 0.3) is 0 Å². The van der Waals surface area contributed by atoms with E-state index < -0.39 is 38.0 Å². The molecule has 1 saturated heterocycles. The van der Waals surface area contributed by atoms with Gasteiger partial charge in [0.05, 0.1) is 12.2 Å². The van der Waals surface area contributed by atoms with Gasteiger partial charge in [-0.05, 0) is 19.1 Å². The van der Waals surface area contributed by atoms with Gasteiger partial charge in [0.15, 0.2) is 11.2 Å². The summed E-state index contributed by atoms with van der Waals surface area (Å²) in [7, 11) is -4.18. The summed E-state index contributed by atoms with van der Waals surface area (Å²) < 4.78 is 33.5. The maximum atomic E-state index is 12.8. The van der Waals surface area contributed by atoms with Crippen molar-refractivity contribution in [3.05, 3.63) is 35.4 Å². The van der Waals surface area contributed by atoms with Crippen LogP contribution >= 0.6 is 19.6 Å². The smallest absolute Gasteiger partial charge is 0.434 e. The highest BCUT2D eigenvalue weighted by Gasteiger charge is 2.49. The van der Waals surface area contributed by atoms with Crippen molar-refractivity contribution in [1.29, 1.82) is 0 Å². The molecule has 0 spiro atoms. The summed E-state index contributed by atoms with van der Waals surface area (Å²) in [6.45, 7) is 6.27. The summed E-state index contributed by atoms with van der Waals surface area (Å²) in [6, 6.07) is 6.66. The standard InChI is InChI=1S/C22H31N2O9PS/c1-15-5-7-17(8-6-15)21(28)30-14-32-34(29)31-13-22(3,4)19(33-34)20(27)24-10-9-18(26)23-11-12-35-16(2)25/h5-8,19H,9-14H2,1-4H3,(H,23,26)(H,24,27)/t19-,34?/m0/s1. The molecule has 0 radical (unpaired) electrons. The number of esters is 1. The highest BCUT2D eigenvalue weighted by Crippen LogP contribution is 2.57. The van der Waals surface area contributed by atoms with E-state index in [4.69, 9.17) is 18.3 Å². The first-order valence-corrected chi connectivity index (χ1v) is 13.4. The van der Waals surface area contributed by atoms with Gasteiger partial charge in [0.1, 0.15) is 0 Å². The number of benzene rings is 1. The number of thioether (sulfide) groups is 1. The van der Waals surface area contributed by atoms with Crippen LogP contribution in [0.3, 0.4) is 0 Å². The van der Waals surface area contributed by atoms with E-state index in [1.807, 2.05) is 6.92 Å². The molecule has 2 rings (SSSR count). The number of ether oxygens (including phenoxy) is 1. The molecule has 2 amide bonds. The molecule has 1 fully saturated rings. The van der Waals surface area contributed by atoms with Crippen molar-refractivity contribution in [3.8, 4) is 0 Å². The second kappa shape index (κ2) is 13.2. The molecule has 194 valence electrons. The Kier molecular flexibility index (Phi) is 10.9. The lowest BCUT2D eigenvalue weighted by molar-refractivity contribution is -0.143. The Labute approximate surface area is 208 Å². The van der Waals surface area contributed by atoms with Crippen molar-refractivity contribution in [2.24, 2.45) is 5.41 Å². The van der Waals surface area contributed by atoms with Gasteiger partial charge in [-0.15, -0.1) is 0 Å². The van der Waals surface area contributed by atoms with Crippen LogP contribution in [-0.2, 0) is 37.3 Å². The fraction of sp³-hybridized carbons (Fsp3) is 0.545. The van der Waals surface area contributed by atoms with Gasteiger partial charge < -0.3 is 15.4 Å². The zero-order valence-corrected chi connectivity index (χ0v) is 21.9.